The van der Waals surface area contributed by atoms with Crippen LogP contribution in [0.5, 0.6) is 11.5 Å². The minimum atomic E-state index is -0.957. The fourth-order valence-corrected chi connectivity index (χ4v) is 1.99. The van der Waals surface area contributed by atoms with Gasteiger partial charge in [0.25, 0.3) is 0 Å². The van der Waals surface area contributed by atoms with Crippen molar-refractivity contribution in [1.82, 2.24) is 0 Å². The normalized spacial score (nSPS) is 10.2. The van der Waals surface area contributed by atoms with Gasteiger partial charge in [-0.05, 0) is 55.0 Å². The summed E-state index contributed by atoms with van der Waals surface area (Å²) in [5.41, 5.74) is 1.55. The Bertz CT molecular complexity index is 672. The predicted octanol–water partition coefficient (Wildman–Crippen LogP) is 4.08. The van der Waals surface area contributed by atoms with Gasteiger partial charge < -0.3 is 9.84 Å². The molecule has 0 aliphatic carbocycles. The number of aromatic carboxylic acids is 1. The number of benzene rings is 2. The SMILES string of the molecule is CCC(=O)c1ccc(Oc2ccc(C(=O)O)c(C)c2)cc1. The molecule has 0 bridgehead atoms. The minimum Gasteiger partial charge on any atom is -0.478 e. The lowest BCUT2D eigenvalue weighted by molar-refractivity contribution is 0.0696. The molecule has 2 aromatic carbocycles. The van der Waals surface area contributed by atoms with Gasteiger partial charge in [0.15, 0.2) is 5.78 Å². The Morgan fingerprint density at radius 3 is 2.19 bits per heavy atom. The highest BCUT2D eigenvalue weighted by atomic mass is 16.5. The van der Waals surface area contributed by atoms with Crippen LogP contribution < -0.4 is 4.74 Å². The summed E-state index contributed by atoms with van der Waals surface area (Å²) in [5.74, 6) is 0.293. The Balaban J connectivity index is 2.17. The second-order valence-corrected chi connectivity index (χ2v) is 4.69. The number of hydrogen-bond acceptors (Lipinski definition) is 3. The Morgan fingerprint density at radius 1 is 1.05 bits per heavy atom. The third kappa shape index (κ3) is 3.48. The minimum absolute atomic E-state index is 0.0863. The van der Waals surface area contributed by atoms with E-state index in [0.29, 0.717) is 29.0 Å². The number of rotatable bonds is 5. The van der Waals surface area contributed by atoms with Gasteiger partial charge in [0.2, 0.25) is 0 Å². The highest BCUT2D eigenvalue weighted by Crippen LogP contribution is 2.24. The molecule has 2 rings (SSSR count). The second kappa shape index (κ2) is 6.22. The third-order valence-electron chi connectivity index (χ3n) is 3.16. The number of hydrogen-bond donors (Lipinski definition) is 1. The Kier molecular flexibility index (Phi) is 4.38. The van der Waals surface area contributed by atoms with Gasteiger partial charge in [-0.1, -0.05) is 6.92 Å². The highest BCUT2D eigenvalue weighted by molar-refractivity contribution is 5.95. The molecule has 0 aliphatic heterocycles. The number of carboxylic acid groups (broad SMARTS) is 1. The van der Waals surface area contributed by atoms with E-state index in [9.17, 15) is 9.59 Å². The summed E-state index contributed by atoms with van der Waals surface area (Å²) < 4.78 is 5.66. The van der Waals surface area contributed by atoms with E-state index in [1.54, 1.807) is 43.3 Å². The first-order valence-electron chi connectivity index (χ1n) is 6.66. The van der Waals surface area contributed by atoms with Crippen LogP contribution in [-0.4, -0.2) is 16.9 Å². The lowest BCUT2D eigenvalue weighted by Gasteiger charge is -2.08. The fourth-order valence-electron chi connectivity index (χ4n) is 1.99. The van der Waals surface area contributed by atoms with Gasteiger partial charge >= 0.3 is 5.97 Å². The Labute approximate surface area is 123 Å². The van der Waals surface area contributed by atoms with Gasteiger partial charge in [-0.2, -0.15) is 0 Å². The molecule has 0 spiro atoms. The lowest BCUT2D eigenvalue weighted by atomic mass is 10.1. The summed E-state index contributed by atoms with van der Waals surface area (Å²) in [7, 11) is 0. The molecule has 1 N–H and O–H groups in total. The topological polar surface area (TPSA) is 63.6 Å². The zero-order valence-corrected chi connectivity index (χ0v) is 11.9. The van der Waals surface area contributed by atoms with E-state index in [-0.39, 0.29) is 11.3 Å². The highest BCUT2D eigenvalue weighted by Gasteiger charge is 2.08. The molecule has 4 heteroatoms. The van der Waals surface area contributed by atoms with Crippen molar-refractivity contribution in [1.29, 1.82) is 0 Å². The zero-order chi connectivity index (χ0) is 15.4. The maximum atomic E-state index is 11.5. The van der Waals surface area contributed by atoms with Crippen molar-refractivity contribution in [2.24, 2.45) is 0 Å². The van der Waals surface area contributed by atoms with Crippen molar-refractivity contribution in [3.8, 4) is 11.5 Å². The first-order chi connectivity index (χ1) is 10.0. The maximum absolute atomic E-state index is 11.5. The number of carbonyl (C=O) groups excluding carboxylic acids is 1. The third-order valence-corrected chi connectivity index (χ3v) is 3.16. The molecular formula is C17H16O4. The van der Waals surface area contributed by atoms with E-state index in [1.807, 2.05) is 6.92 Å². The van der Waals surface area contributed by atoms with Crippen LogP contribution >= 0.6 is 0 Å². The predicted molar refractivity (Wildman–Crippen MR) is 79.3 cm³/mol. The smallest absolute Gasteiger partial charge is 0.335 e. The van der Waals surface area contributed by atoms with Gasteiger partial charge in [-0.3, -0.25) is 4.79 Å². The number of ketones is 1. The van der Waals surface area contributed by atoms with Gasteiger partial charge in [-0.25, -0.2) is 4.79 Å². The molecule has 0 heterocycles. The number of carbonyl (C=O) groups is 2. The van der Waals surface area contributed by atoms with Crippen molar-refractivity contribution < 1.29 is 19.4 Å². The molecule has 0 saturated heterocycles. The maximum Gasteiger partial charge on any atom is 0.335 e. The van der Waals surface area contributed by atoms with Crippen LogP contribution in [0.25, 0.3) is 0 Å². The zero-order valence-electron chi connectivity index (χ0n) is 11.9. The van der Waals surface area contributed by atoms with E-state index >= 15 is 0 Å². The van der Waals surface area contributed by atoms with E-state index < -0.39 is 5.97 Å². The van der Waals surface area contributed by atoms with Gasteiger partial charge in [0, 0.05) is 12.0 Å². The molecule has 0 aromatic heterocycles. The molecule has 2 aromatic rings. The molecule has 0 atom stereocenters. The summed E-state index contributed by atoms with van der Waals surface area (Å²) in [6, 6.07) is 11.7. The fraction of sp³-hybridized carbons (Fsp3) is 0.176. The summed E-state index contributed by atoms with van der Waals surface area (Å²) >= 11 is 0. The van der Waals surface area contributed by atoms with E-state index in [4.69, 9.17) is 9.84 Å². The summed E-state index contributed by atoms with van der Waals surface area (Å²) in [5, 5.41) is 8.98. The van der Waals surface area contributed by atoms with Crippen LogP contribution in [0.15, 0.2) is 42.5 Å². The van der Waals surface area contributed by atoms with Gasteiger partial charge in [-0.15, -0.1) is 0 Å². The Hall–Kier alpha value is -2.62. The largest absolute Gasteiger partial charge is 0.478 e. The molecule has 0 amide bonds. The van der Waals surface area contributed by atoms with Crippen LogP contribution in [0.4, 0.5) is 0 Å². The van der Waals surface area contributed by atoms with Crippen molar-refractivity contribution in [2.75, 3.05) is 0 Å². The molecule has 0 saturated carbocycles. The molecule has 4 nitrogen and oxygen atoms in total. The van der Waals surface area contributed by atoms with E-state index in [1.165, 1.54) is 6.07 Å². The first kappa shape index (κ1) is 14.8. The van der Waals surface area contributed by atoms with Crippen molar-refractivity contribution >= 4 is 11.8 Å². The molecule has 0 aliphatic rings. The summed E-state index contributed by atoms with van der Waals surface area (Å²) in [6.45, 7) is 3.54. The first-order valence-corrected chi connectivity index (χ1v) is 6.66. The van der Waals surface area contributed by atoms with Gasteiger partial charge in [0.1, 0.15) is 11.5 Å². The monoisotopic (exact) mass is 284 g/mol. The molecule has 0 unspecified atom stereocenters. The van der Waals surface area contributed by atoms with Crippen LogP contribution in [-0.2, 0) is 0 Å². The quantitative estimate of drug-likeness (QED) is 0.840. The number of Topliss-reactive ketones (excluding diaryl/α,β-unsaturated/α-hetero) is 1. The van der Waals surface area contributed by atoms with Crippen LogP contribution in [0.1, 0.15) is 39.6 Å². The van der Waals surface area contributed by atoms with Crippen LogP contribution in [0, 0.1) is 6.92 Å². The standard InChI is InChI=1S/C17H16O4/c1-3-16(18)12-4-6-13(7-5-12)21-14-8-9-15(17(19)20)11(2)10-14/h4-10H,3H2,1-2H3,(H,19,20). The lowest BCUT2D eigenvalue weighted by Crippen LogP contribution is -1.99. The van der Waals surface area contributed by atoms with Crippen molar-refractivity contribution in [3.63, 3.8) is 0 Å². The second-order valence-electron chi connectivity index (χ2n) is 4.69. The molecular weight excluding hydrogens is 268 g/mol. The summed E-state index contributed by atoms with van der Waals surface area (Å²) in [4.78, 5) is 22.5. The van der Waals surface area contributed by atoms with Crippen LogP contribution in [0.2, 0.25) is 0 Å². The summed E-state index contributed by atoms with van der Waals surface area (Å²) in [6.07, 6.45) is 0.468. The molecule has 0 radical (unpaired) electrons. The molecule has 21 heavy (non-hydrogen) atoms. The van der Waals surface area contributed by atoms with E-state index in [2.05, 4.69) is 0 Å². The number of carboxylic acids is 1. The number of ether oxygens (including phenoxy) is 1. The Morgan fingerprint density at radius 2 is 1.67 bits per heavy atom. The molecule has 0 fully saturated rings. The van der Waals surface area contributed by atoms with Gasteiger partial charge in [0.05, 0.1) is 5.56 Å². The van der Waals surface area contributed by atoms with Crippen molar-refractivity contribution in [3.05, 3.63) is 59.2 Å². The average Bonchev–Trinajstić information content (AvgIpc) is 2.47. The van der Waals surface area contributed by atoms with Crippen molar-refractivity contribution in [2.45, 2.75) is 20.3 Å². The van der Waals surface area contributed by atoms with E-state index in [0.717, 1.165) is 0 Å². The molecule has 108 valence electrons. The van der Waals surface area contributed by atoms with Crippen LogP contribution in [0.3, 0.4) is 0 Å². The number of aryl methyl sites for hydroxylation is 1. The average molecular weight is 284 g/mol.